The summed E-state index contributed by atoms with van der Waals surface area (Å²) < 4.78 is 0. The molecule has 0 atom stereocenters. The molecule has 0 aromatic heterocycles. The summed E-state index contributed by atoms with van der Waals surface area (Å²) >= 11 is 6.04. The molecule has 0 spiro atoms. The van der Waals surface area contributed by atoms with Gasteiger partial charge in [0.25, 0.3) is 0 Å². The molecule has 0 fully saturated rings. The van der Waals surface area contributed by atoms with Gasteiger partial charge in [0, 0.05) is 36.3 Å². The molecule has 4 nitrogen and oxygen atoms in total. The fourth-order valence-electron chi connectivity index (χ4n) is 2.18. The lowest BCUT2D eigenvalue weighted by atomic mass is 10.2. The molecule has 0 radical (unpaired) electrons. The highest BCUT2D eigenvalue weighted by atomic mass is 35.5. The molecule has 0 bridgehead atoms. The molecule has 0 aliphatic heterocycles. The van der Waals surface area contributed by atoms with Crippen molar-refractivity contribution in [3.63, 3.8) is 0 Å². The molecular formula is C18H19ClN2O2. The molecule has 0 unspecified atom stereocenters. The minimum Gasteiger partial charge on any atom is -0.326 e. The number of anilines is 2. The van der Waals surface area contributed by atoms with E-state index in [9.17, 15) is 9.59 Å². The molecule has 23 heavy (non-hydrogen) atoms. The molecule has 0 heterocycles. The zero-order valence-electron chi connectivity index (χ0n) is 13.2. The molecule has 120 valence electrons. The summed E-state index contributed by atoms with van der Waals surface area (Å²) in [6.07, 6.45) is 0.208. The van der Waals surface area contributed by atoms with Gasteiger partial charge in [-0.15, -0.1) is 0 Å². The minimum absolute atomic E-state index is 0.0950. The second kappa shape index (κ2) is 7.79. The number of para-hydroxylation sites is 1. The van der Waals surface area contributed by atoms with E-state index in [0.29, 0.717) is 17.3 Å². The van der Waals surface area contributed by atoms with Crippen molar-refractivity contribution in [1.29, 1.82) is 0 Å². The fraction of sp³-hybridized carbons (Fsp3) is 0.222. The molecule has 1 N–H and O–H groups in total. The van der Waals surface area contributed by atoms with Crippen molar-refractivity contribution in [2.75, 3.05) is 16.8 Å². The van der Waals surface area contributed by atoms with Crippen LogP contribution in [-0.4, -0.2) is 18.4 Å². The summed E-state index contributed by atoms with van der Waals surface area (Å²) in [5.41, 5.74) is 2.39. The summed E-state index contributed by atoms with van der Waals surface area (Å²) in [5.74, 6) is -0.255. The lowest BCUT2D eigenvalue weighted by molar-refractivity contribution is -0.117. The molecule has 2 aromatic rings. The summed E-state index contributed by atoms with van der Waals surface area (Å²) in [4.78, 5) is 25.4. The maximum Gasteiger partial charge on any atom is 0.226 e. The first-order valence-electron chi connectivity index (χ1n) is 7.36. The number of nitrogens with zero attached hydrogens (tertiary/aromatic N) is 1. The normalized spacial score (nSPS) is 10.2. The highest BCUT2D eigenvalue weighted by Gasteiger charge is 2.13. The van der Waals surface area contributed by atoms with Gasteiger partial charge in [0.05, 0.1) is 0 Å². The van der Waals surface area contributed by atoms with Crippen molar-refractivity contribution >= 4 is 34.8 Å². The average Bonchev–Trinajstić information content (AvgIpc) is 2.52. The molecule has 0 aliphatic carbocycles. The van der Waals surface area contributed by atoms with E-state index >= 15 is 0 Å². The Balaban J connectivity index is 1.96. The Kier molecular flexibility index (Phi) is 5.77. The largest absolute Gasteiger partial charge is 0.326 e. The number of benzene rings is 2. The van der Waals surface area contributed by atoms with Gasteiger partial charge >= 0.3 is 0 Å². The van der Waals surface area contributed by atoms with Crippen LogP contribution in [0.4, 0.5) is 11.4 Å². The van der Waals surface area contributed by atoms with Crippen LogP contribution in [-0.2, 0) is 9.59 Å². The number of halogens is 1. The second-order valence-electron chi connectivity index (χ2n) is 5.27. The zero-order chi connectivity index (χ0) is 16.8. The number of hydrogen-bond donors (Lipinski definition) is 1. The topological polar surface area (TPSA) is 49.4 Å². The highest BCUT2D eigenvalue weighted by molar-refractivity contribution is 6.31. The van der Waals surface area contributed by atoms with Gasteiger partial charge in [0.2, 0.25) is 11.8 Å². The van der Waals surface area contributed by atoms with Crippen molar-refractivity contribution < 1.29 is 9.59 Å². The van der Waals surface area contributed by atoms with Crippen LogP contribution in [0.5, 0.6) is 0 Å². The van der Waals surface area contributed by atoms with Gasteiger partial charge in [-0.3, -0.25) is 9.59 Å². The molecule has 2 aromatic carbocycles. The van der Waals surface area contributed by atoms with Crippen LogP contribution in [0, 0.1) is 6.92 Å². The lowest BCUT2D eigenvalue weighted by Crippen LogP contribution is -2.31. The highest BCUT2D eigenvalue weighted by Crippen LogP contribution is 2.20. The number of amides is 2. The summed E-state index contributed by atoms with van der Waals surface area (Å²) in [6.45, 7) is 3.72. The third kappa shape index (κ3) is 4.83. The maximum atomic E-state index is 12.1. The fourth-order valence-corrected chi connectivity index (χ4v) is 2.36. The maximum absolute atomic E-state index is 12.1. The third-order valence-electron chi connectivity index (χ3n) is 3.47. The van der Waals surface area contributed by atoms with Gasteiger partial charge in [-0.2, -0.15) is 0 Å². The SMILES string of the molecule is CC(=O)N(CCC(=O)Nc1ccc(C)c(Cl)c1)c1ccccc1. The summed E-state index contributed by atoms with van der Waals surface area (Å²) in [6, 6.07) is 14.7. The van der Waals surface area contributed by atoms with E-state index in [1.807, 2.05) is 43.3 Å². The molecule has 2 amide bonds. The monoisotopic (exact) mass is 330 g/mol. The predicted octanol–water partition coefficient (Wildman–Crippen LogP) is 4.03. The van der Waals surface area contributed by atoms with Crippen LogP contribution >= 0.6 is 11.6 Å². The van der Waals surface area contributed by atoms with Gasteiger partial charge in [-0.05, 0) is 36.8 Å². The first-order chi connectivity index (χ1) is 11.0. The number of nitrogens with one attached hydrogen (secondary N) is 1. The quantitative estimate of drug-likeness (QED) is 0.899. The molecular weight excluding hydrogens is 312 g/mol. The van der Waals surface area contributed by atoms with E-state index < -0.39 is 0 Å². The average molecular weight is 331 g/mol. The van der Waals surface area contributed by atoms with Gasteiger partial charge in [0.1, 0.15) is 0 Å². The van der Waals surface area contributed by atoms with Crippen LogP contribution in [0.3, 0.4) is 0 Å². The van der Waals surface area contributed by atoms with Crippen LogP contribution in [0.15, 0.2) is 48.5 Å². The van der Waals surface area contributed by atoms with Crippen molar-refractivity contribution in [3.8, 4) is 0 Å². The van der Waals surface area contributed by atoms with Crippen LogP contribution in [0.2, 0.25) is 5.02 Å². The number of carbonyl (C=O) groups excluding carboxylic acids is 2. The van der Waals surface area contributed by atoms with Crippen LogP contribution in [0.25, 0.3) is 0 Å². The Bertz CT molecular complexity index is 701. The predicted molar refractivity (Wildman–Crippen MR) is 93.9 cm³/mol. The van der Waals surface area contributed by atoms with Crippen LogP contribution in [0.1, 0.15) is 18.9 Å². The van der Waals surface area contributed by atoms with Crippen molar-refractivity contribution in [1.82, 2.24) is 0 Å². The minimum atomic E-state index is -0.160. The van der Waals surface area contributed by atoms with E-state index in [0.717, 1.165) is 11.3 Å². The van der Waals surface area contributed by atoms with E-state index in [1.54, 1.807) is 17.0 Å². The smallest absolute Gasteiger partial charge is 0.226 e. The Morgan fingerprint density at radius 1 is 1.13 bits per heavy atom. The first kappa shape index (κ1) is 17.0. The van der Waals surface area contributed by atoms with E-state index in [4.69, 9.17) is 11.6 Å². The molecule has 5 heteroatoms. The van der Waals surface area contributed by atoms with Crippen molar-refractivity contribution in [2.24, 2.45) is 0 Å². The van der Waals surface area contributed by atoms with Gasteiger partial charge in [-0.25, -0.2) is 0 Å². The van der Waals surface area contributed by atoms with Gasteiger partial charge in [0.15, 0.2) is 0 Å². The number of aryl methyl sites for hydroxylation is 1. The summed E-state index contributed by atoms with van der Waals surface area (Å²) in [5, 5.41) is 3.40. The van der Waals surface area contributed by atoms with Gasteiger partial charge in [-0.1, -0.05) is 35.9 Å². The van der Waals surface area contributed by atoms with E-state index in [2.05, 4.69) is 5.32 Å². The first-order valence-corrected chi connectivity index (χ1v) is 7.74. The summed E-state index contributed by atoms with van der Waals surface area (Å²) in [7, 11) is 0. The molecule has 2 rings (SSSR count). The zero-order valence-corrected chi connectivity index (χ0v) is 13.9. The van der Waals surface area contributed by atoms with Crippen molar-refractivity contribution in [3.05, 3.63) is 59.1 Å². The van der Waals surface area contributed by atoms with Crippen LogP contribution < -0.4 is 10.2 Å². The van der Waals surface area contributed by atoms with E-state index in [1.165, 1.54) is 6.92 Å². The Hall–Kier alpha value is -2.33. The van der Waals surface area contributed by atoms with Crippen molar-refractivity contribution in [2.45, 2.75) is 20.3 Å². The number of hydrogen-bond acceptors (Lipinski definition) is 2. The van der Waals surface area contributed by atoms with Gasteiger partial charge < -0.3 is 10.2 Å². The molecule has 0 saturated heterocycles. The standard InChI is InChI=1S/C18H19ClN2O2/c1-13-8-9-15(12-17(13)19)20-18(23)10-11-21(14(2)22)16-6-4-3-5-7-16/h3-9,12H,10-11H2,1-2H3,(H,20,23). The lowest BCUT2D eigenvalue weighted by Gasteiger charge is -2.20. The Morgan fingerprint density at radius 3 is 2.43 bits per heavy atom. The van der Waals surface area contributed by atoms with E-state index in [-0.39, 0.29) is 18.2 Å². The Labute approximate surface area is 141 Å². The molecule has 0 aliphatic rings. The second-order valence-corrected chi connectivity index (χ2v) is 5.68. The third-order valence-corrected chi connectivity index (χ3v) is 3.87. The number of carbonyl (C=O) groups is 2. The Morgan fingerprint density at radius 2 is 1.83 bits per heavy atom. The number of rotatable bonds is 5. The molecule has 0 saturated carbocycles.